The van der Waals surface area contributed by atoms with Crippen LogP contribution in [0.1, 0.15) is 49.5 Å². The summed E-state index contributed by atoms with van der Waals surface area (Å²) in [6.45, 7) is 6.51. The Balaban J connectivity index is 1.42. The predicted molar refractivity (Wildman–Crippen MR) is 133 cm³/mol. The first kappa shape index (κ1) is 22.2. The van der Waals surface area contributed by atoms with Crippen molar-refractivity contribution in [3.05, 3.63) is 50.9 Å². The lowest BCUT2D eigenvalue weighted by Crippen LogP contribution is -2.14. The summed E-state index contributed by atoms with van der Waals surface area (Å²) in [4.78, 5) is 22.9. The Morgan fingerprint density at radius 3 is 2.79 bits per heavy atom. The van der Waals surface area contributed by atoms with Gasteiger partial charge in [0.25, 0.3) is 5.56 Å². The number of aromatic amines is 1. The molecule has 1 aliphatic rings. The van der Waals surface area contributed by atoms with E-state index in [0.29, 0.717) is 17.5 Å². The zero-order chi connectivity index (χ0) is 23.1. The van der Waals surface area contributed by atoms with E-state index in [1.807, 2.05) is 24.3 Å². The minimum absolute atomic E-state index is 0.0214. The lowest BCUT2D eigenvalue weighted by molar-refractivity contribution is 0.415. The molecule has 4 aromatic rings. The maximum Gasteiger partial charge on any atom is 0.259 e. The predicted octanol–water partition coefficient (Wildman–Crippen LogP) is 5.25. The van der Waals surface area contributed by atoms with Gasteiger partial charge in [-0.3, -0.25) is 9.36 Å². The van der Waals surface area contributed by atoms with Crippen LogP contribution in [0.5, 0.6) is 5.75 Å². The number of aromatic nitrogens is 5. The Bertz CT molecular complexity index is 1350. The summed E-state index contributed by atoms with van der Waals surface area (Å²) in [5.74, 6) is 3.49. The molecule has 1 aliphatic carbocycles. The number of nitrogens with zero attached hydrogens (tertiary/aromatic N) is 4. The van der Waals surface area contributed by atoms with Gasteiger partial charge in [-0.05, 0) is 68.9 Å². The van der Waals surface area contributed by atoms with Crippen LogP contribution in [0.3, 0.4) is 0 Å². The molecule has 0 saturated carbocycles. The average Bonchev–Trinajstić information content (AvgIpc) is 3.38. The van der Waals surface area contributed by atoms with E-state index in [1.165, 1.54) is 10.4 Å². The van der Waals surface area contributed by atoms with Crippen molar-refractivity contribution in [2.45, 2.75) is 57.0 Å². The number of aryl methyl sites for hydroxylation is 1. The van der Waals surface area contributed by atoms with Crippen molar-refractivity contribution in [3.63, 3.8) is 0 Å². The van der Waals surface area contributed by atoms with Crippen molar-refractivity contribution in [1.82, 2.24) is 24.7 Å². The third-order valence-electron chi connectivity index (χ3n) is 6.08. The number of thioether (sulfide) groups is 1. The highest BCUT2D eigenvalue weighted by atomic mass is 32.2. The van der Waals surface area contributed by atoms with E-state index in [9.17, 15) is 4.79 Å². The molecule has 0 radical (unpaired) electrons. The van der Waals surface area contributed by atoms with Gasteiger partial charge in [0.1, 0.15) is 16.4 Å². The second-order valence-electron chi connectivity index (χ2n) is 8.83. The molecule has 1 N–H and O–H groups in total. The fourth-order valence-electron chi connectivity index (χ4n) is 4.37. The highest BCUT2D eigenvalue weighted by molar-refractivity contribution is 7.98. The third kappa shape index (κ3) is 4.19. The molecule has 1 atom stereocenters. The Morgan fingerprint density at radius 2 is 2.06 bits per heavy atom. The minimum atomic E-state index is -0.0214. The Hall–Kier alpha value is -2.65. The number of H-pyrrole nitrogens is 1. The summed E-state index contributed by atoms with van der Waals surface area (Å²) in [6, 6.07) is 8.00. The number of hydrogen-bond acceptors (Lipinski definition) is 7. The Morgan fingerprint density at radius 1 is 1.27 bits per heavy atom. The van der Waals surface area contributed by atoms with Gasteiger partial charge in [-0.1, -0.05) is 18.7 Å². The van der Waals surface area contributed by atoms with Gasteiger partial charge >= 0.3 is 0 Å². The zero-order valence-electron chi connectivity index (χ0n) is 19.2. The van der Waals surface area contributed by atoms with Crippen LogP contribution in [0.25, 0.3) is 21.6 Å². The first-order valence-electron chi connectivity index (χ1n) is 11.2. The molecule has 3 heterocycles. The molecule has 0 amide bonds. The van der Waals surface area contributed by atoms with E-state index in [2.05, 4.69) is 40.5 Å². The van der Waals surface area contributed by atoms with Crippen LogP contribution in [0.15, 0.2) is 34.2 Å². The van der Waals surface area contributed by atoms with Crippen molar-refractivity contribution in [2.75, 3.05) is 7.11 Å². The number of benzene rings is 1. The Kier molecular flexibility index (Phi) is 6.01. The topological polar surface area (TPSA) is 85.7 Å². The number of methoxy groups -OCH3 is 1. The van der Waals surface area contributed by atoms with Gasteiger partial charge in [0.05, 0.1) is 18.2 Å². The van der Waals surface area contributed by atoms with Gasteiger partial charge in [0.15, 0.2) is 11.0 Å². The van der Waals surface area contributed by atoms with Crippen LogP contribution in [0.4, 0.5) is 0 Å². The van der Waals surface area contributed by atoms with E-state index in [1.54, 1.807) is 30.2 Å². The van der Waals surface area contributed by atoms with Crippen LogP contribution in [-0.4, -0.2) is 31.8 Å². The third-order valence-corrected chi connectivity index (χ3v) is 8.18. The second-order valence-corrected chi connectivity index (χ2v) is 10.9. The summed E-state index contributed by atoms with van der Waals surface area (Å²) in [6.07, 6.45) is 3.16. The number of nitrogens with one attached hydrogen (secondary N) is 1. The summed E-state index contributed by atoms with van der Waals surface area (Å²) in [5, 5.41) is 10.5. The fourth-order valence-corrected chi connectivity index (χ4v) is 6.71. The highest BCUT2D eigenvalue weighted by Crippen LogP contribution is 2.36. The smallest absolute Gasteiger partial charge is 0.259 e. The number of rotatable bonds is 6. The molecular weight excluding hydrogens is 454 g/mol. The molecule has 0 bridgehead atoms. The molecule has 0 saturated heterocycles. The summed E-state index contributed by atoms with van der Waals surface area (Å²) in [7, 11) is 1.65. The van der Waals surface area contributed by atoms with Crippen molar-refractivity contribution in [3.8, 4) is 17.1 Å². The SMILES string of the molecule is COc1ccc(-c2nnc(SCc3nc4sc5c(c4c(=O)[nH]3)CCC(C)C5)n2C(C)C)cc1. The van der Waals surface area contributed by atoms with Crippen molar-refractivity contribution < 1.29 is 4.74 Å². The quantitative estimate of drug-likeness (QED) is 0.379. The first-order chi connectivity index (χ1) is 15.9. The average molecular weight is 482 g/mol. The van der Waals surface area contributed by atoms with Gasteiger partial charge in [0.2, 0.25) is 0 Å². The fraction of sp³-hybridized carbons (Fsp3) is 0.417. The number of ether oxygens (including phenoxy) is 1. The van der Waals surface area contributed by atoms with E-state index in [0.717, 1.165) is 51.8 Å². The molecule has 3 aromatic heterocycles. The maximum absolute atomic E-state index is 12.9. The maximum atomic E-state index is 12.9. The van der Waals surface area contributed by atoms with E-state index in [4.69, 9.17) is 9.72 Å². The van der Waals surface area contributed by atoms with Crippen LogP contribution in [0.2, 0.25) is 0 Å². The van der Waals surface area contributed by atoms with E-state index >= 15 is 0 Å². The van der Waals surface area contributed by atoms with Gasteiger partial charge in [-0.25, -0.2) is 4.98 Å². The molecule has 9 heteroatoms. The van der Waals surface area contributed by atoms with Crippen molar-refractivity contribution in [1.29, 1.82) is 0 Å². The largest absolute Gasteiger partial charge is 0.497 e. The molecule has 0 spiro atoms. The normalized spacial score (nSPS) is 15.8. The molecule has 172 valence electrons. The van der Waals surface area contributed by atoms with E-state index in [-0.39, 0.29) is 11.6 Å². The standard InChI is InChI=1S/C24H27N5O2S2/c1-13(2)29-21(15-6-8-16(31-4)9-7-15)27-28-24(29)32-12-19-25-22(30)20-17-10-5-14(3)11-18(17)33-23(20)26-19/h6-9,13-14H,5,10-12H2,1-4H3,(H,25,26,30). The highest BCUT2D eigenvalue weighted by Gasteiger charge is 2.23. The molecule has 1 unspecified atom stereocenters. The molecule has 7 nitrogen and oxygen atoms in total. The molecule has 33 heavy (non-hydrogen) atoms. The summed E-state index contributed by atoms with van der Waals surface area (Å²) in [5.41, 5.74) is 2.17. The van der Waals surface area contributed by atoms with Crippen LogP contribution >= 0.6 is 23.1 Å². The minimum Gasteiger partial charge on any atom is -0.497 e. The molecule has 1 aromatic carbocycles. The van der Waals surface area contributed by atoms with E-state index < -0.39 is 0 Å². The van der Waals surface area contributed by atoms with Gasteiger partial charge < -0.3 is 9.72 Å². The molecular formula is C24H27N5O2S2. The number of hydrogen-bond donors (Lipinski definition) is 1. The monoisotopic (exact) mass is 481 g/mol. The number of fused-ring (bicyclic) bond motifs is 3. The Labute approximate surface area is 200 Å². The number of thiophene rings is 1. The van der Waals surface area contributed by atoms with Crippen molar-refractivity contribution in [2.24, 2.45) is 5.92 Å². The first-order valence-corrected chi connectivity index (χ1v) is 13.0. The zero-order valence-corrected chi connectivity index (χ0v) is 20.8. The molecule has 0 aliphatic heterocycles. The second kappa shape index (κ2) is 8.95. The van der Waals surface area contributed by atoms with Crippen LogP contribution in [0, 0.1) is 5.92 Å². The molecule has 5 rings (SSSR count). The molecule has 0 fully saturated rings. The van der Waals surface area contributed by atoms with Crippen molar-refractivity contribution >= 4 is 33.3 Å². The van der Waals surface area contributed by atoms with Gasteiger partial charge in [-0.2, -0.15) is 0 Å². The summed E-state index contributed by atoms with van der Waals surface area (Å²) < 4.78 is 7.38. The van der Waals surface area contributed by atoms with Crippen LogP contribution < -0.4 is 10.3 Å². The summed E-state index contributed by atoms with van der Waals surface area (Å²) >= 11 is 3.22. The van der Waals surface area contributed by atoms with Gasteiger partial charge in [-0.15, -0.1) is 21.5 Å². The lowest BCUT2D eigenvalue weighted by atomic mass is 9.89. The van der Waals surface area contributed by atoms with Gasteiger partial charge in [0, 0.05) is 16.5 Å². The lowest BCUT2D eigenvalue weighted by Gasteiger charge is -2.17. The van der Waals surface area contributed by atoms with Crippen LogP contribution in [-0.2, 0) is 18.6 Å².